The molecule has 0 aliphatic carbocycles. The first-order chi connectivity index (χ1) is 9.79. The molecule has 0 fully saturated rings. The zero-order chi connectivity index (χ0) is 14.2. The molecular weight excluding hydrogens is 363 g/mol. The van der Waals surface area contributed by atoms with E-state index in [1.54, 1.807) is 4.08 Å². The lowest BCUT2D eigenvalue weighted by atomic mass is 10.1. The predicted octanol–water partition coefficient (Wildman–Crippen LogP) is 4.29. The largest absolute Gasteiger partial charge is 0.457 e. The number of esters is 1. The van der Waals surface area contributed by atoms with Crippen molar-refractivity contribution in [2.75, 3.05) is 0 Å². The highest BCUT2D eigenvalue weighted by atomic mass is 127. The monoisotopic (exact) mass is 378 g/mol. The van der Waals surface area contributed by atoms with Crippen LogP contribution in [-0.4, -0.2) is 5.97 Å². The lowest BCUT2D eigenvalue weighted by molar-refractivity contribution is -0.140. The van der Waals surface area contributed by atoms with Gasteiger partial charge in [-0.2, -0.15) is 0 Å². The first kappa shape index (κ1) is 14.8. The normalized spacial score (nSPS) is 11.2. The summed E-state index contributed by atoms with van der Waals surface area (Å²) in [6, 6.07) is 19.6. The Hall–Kier alpha value is -1.62. The Kier molecular flexibility index (Phi) is 5.80. The third-order valence-electron chi connectivity index (χ3n) is 2.84. The van der Waals surface area contributed by atoms with Gasteiger partial charge < -0.3 is 4.74 Å². The molecule has 0 spiro atoms. The van der Waals surface area contributed by atoms with Crippen LogP contribution in [0.25, 0.3) is 0 Å². The van der Waals surface area contributed by atoms with E-state index in [0.29, 0.717) is 18.6 Å². The van der Waals surface area contributed by atoms with Crippen LogP contribution in [0.1, 0.15) is 11.1 Å². The molecule has 0 N–H and O–H groups in total. The molecule has 20 heavy (non-hydrogen) atoms. The van der Waals surface area contributed by atoms with Gasteiger partial charge in [-0.1, -0.05) is 83.3 Å². The van der Waals surface area contributed by atoms with Crippen LogP contribution in [0, 0.1) is 0 Å². The number of rotatable bonds is 5. The smallest absolute Gasteiger partial charge is 0.335 e. The average molecular weight is 378 g/mol. The summed E-state index contributed by atoms with van der Waals surface area (Å²) >= 11 is 2.08. The Morgan fingerprint density at radius 1 is 0.950 bits per heavy atom. The number of halogens is 1. The number of hydrogen-bond donors (Lipinski definition) is 0. The fourth-order valence-corrected chi connectivity index (χ4v) is 2.26. The second kappa shape index (κ2) is 7.85. The van der Waals surface area contributed by atoms with E-state index in [9.17, 15) is 4.79 Å². The summed E-state index contributed by atoms with van der Waals surface area (Å²) in [5.74, 6) is -0.257. The van der Waals surface area contributed by atoms with Gasteiger partial charge in [-0.25, -0.2) is 4.79 Å². The van der Waals surface area contributed by atoms with Gasteiger partial charge in [-0.15, -0.1) is 0 Å². The molecule has 0 saturated heterocycles. The van der Waals surface area contributed by atoms with Crippen LogP contribution in [0.3, 0.4) is 0 Å². The van der Waals surface area contributed by atoms with Gasteiger partial charge in [0.2, 0.25) is 0 Å². The van der Waals surface area contributed by atoms with E-state index >= 15 is 0 Å². The molecule has 3 heteroatoms. The van der Waals surface area contributed by atoms with Crippen LogP contribution >= 0.6 is 22.6 Å². The van der Waals surface area contributed by atoms with Crippen LogP contribution in [0.4, 0.5) is 0 Å². The molecule has 0 aliphatic heterocycles. The molecule has 102 valence electrons. The Labute approximate surface area is 132 Å². The minimum atomic E-state index is -0.257. The van der Waals surface area contributed by atoms with E-state index in [-0.39, 0.29) is 5.97 Å². The van der Waals surface area contributed by atoms with Gasteiger partial charge in [-0.3, -0.25) is 0 Å². The first-order valence-corrected chi connectivity index (χ1v) is 7.58. The van der Waals surface area contributed by atoms with E-state index in [2.05, 4.69) is 22.6 Å². The minimum absolute atomic E-state index is 0.257. The summed E-state index contributed by atoms with van der Waals surface area (Å²) in [5, 5.41) is 0. The second-order valence-corrected chi connectivity index (χ2v) is 4.98. The highest BCUT2D eigenvalue weighted by Crippen LogP contribution is 2.13. The summed E-state index contributed by atoms with van der Waals surface area (Å²) in [4.78, 5) is 12.1. The average Bonchev–Trinajstić information content (AvgIpc) is 2.52. The summed E-state index contributed by atoms with van der Waals surface area (Å²) in [6.45, 7) is 0.308. The fraction of sp³-hybridized carbons (Fsp3) is 0.118. The Bertz CT molecular complexity index is 576. The topological polar surface area (TPSA) is 26.3 Å². The number of benzene rings is 2. The Balaban J connectivity index is 1.93. The van der Waals surface area contributed by atoms with Crippen molar-refractivity contribution in [1.29, 1.82) is 0 Å². The molecule has 0 unspecified atom stereocenters. The van der Waals surface area contributed by atoms with Crippen molar-refractivity contribution in [1.82, 2.24) is 0 Å². The van der Waals surface area contributed by atoms with Gasteiger partial charge in [0.25, 0.3) is 0 Å². The van der Waals surface area contributed by atoms with Gasteiger partial charge in [0.05, 0.1) is 0 Å². The van der Waals surface area contributed by atoms with Crippen molar-refractivity contribution in [2.45, 2.75) is 13.0 Å². The van der Waals surface area contributed by atoms with Crippen molar-refractivity contribution in [3.05, 3.63) is 81.4 Å². The summed E-state index contributed by atoms with van der Waals surface area (Å²) in [5.41, 5.74) is 2.77. The maximum absolute atomic E-state index is 12.1. The second-order valence-electron chi connectivity index (χ2n) is 4.36. The molecule has 2 aromatic carbocycles. The predicted molar refractivity (Wildman–Crippen MR) is 88.5 cm³/mol. The molecule has 2 rings (SSSR count). The molecular formula is C17H15IO2. The molecule has 0 atom stereocenters. The van der Waals surface area contributed by atoms with Crippen molar-refractivity contribution in [2.24, 2.45) is 0 Å². The van der Waals surface area contributed by atoms with Gasteiger partial charge in [0, 0.05) is 12.0 Å². The Morgan fingerprint density at radius 3 is 2.05 bits per heavy atom. The van der Waals surface area contributed by atoms with Crippen LogP contribution in [-0.2, 0) is 22.6 Å². The minimum Gasteiger partial charge on any atom is -0.457 e. The third kappa shape index (κ3) is 4.49. The molecule has 0 radical (unpaired) electrons. The van der Waals surface area contributed by atoms with E-state index in [0.717, 1.165) is 11.1 Å². The van der Waals surface area contributed by atoms with Gasteiger partial charge in [0.15, 0.2) is 0 Å². The highest BCUT2D eigenvalue weighted by molar-refractivity contribution is 14.1. The summed E-state index contributed by atoms with van der Waals surface area (Å²) in [7, 11) is 0. The number of ether oxygens (including phenoxy) is 1. The zero-order valence-corrected chi connectivity index (χ0v) is 13.1. The van der Waals surface area contributed by atoms with Crippen LogP contribution in [0.2, 0.25) is 0 Å². The van der Waals surface area contributed by atoms with E-state index in [1.165, 1.54) is 0 Å². The van der Waals surface area contributed by atoms with Crippen molar-refractivity contribution in [3.8, 4) is 0 Å². The summed E-state index contributed by atoms with van der Waals surface area (Å²) < 4.78 is 7.13. The third-order valence-corrected chi connectivity index (χ3v) is 3.60. The van der Waals surface area contributed by atoms with Crippen molar-refractivity contribution in [3.63, 3.8) is 0 Å². The van der Waals surface area contributed by atoms with Crippen molar-refractivity contribution >= 4 is 28.6 Å². The number of hydrogen-bond acceptors (Lipinski definition) is 2. The molecule has 2 aromatic rings. The van der Waals surface area contributed by atoms with Crippen LogP contribution < -0.4 is 0 Å². The molecule has 0 aromatic heterocycles. The van der Waals surface area contributed by atoms with Gasteiger partial charge in [0.1, 0.15) is 6.61 Å². The molecule has 0 saturated carbocycles. The van der Waals surface area contributed by atoms with Crippen LogP contribution in [0.5, 0.6) is 0 Å². The maximum Gasteiger partial charge on any atom is 0.335 e. The molecule has 0 amide bonds. The SMILES string of the molecule is O=C(OCc1ccccc1)/C(=C\I)Cc1ccccc1. The molecule has 2 nitrogen and oxygen atoms in total. The number of carbonyl (C=O) groups is 1. The quantitative estimate of drug-likeness (QED) is 0.441. The first-order valence-electron chi connectivity index (χ1n) is 6.34. The van der Waals surface area contributed by atoms with E-state index < -0.39 is 0 Å². The van der Waals surface area contributed by atoms with E-state index in [4.69, 9.17) is 4.74 Å². The number of carbonyl (C=O) groups excluding carboxylic acids is 1. The lowest BCUT2D eigenvalue weighted by Crippen LogP contribution is -2.09. The molecule has 0 bridgehead atoms. The summed E-state index contributed by atoms with van der Waals surface area (Å²) in [6.07, 6.45) is 0.595. The maximum atomic E-state index is 12.1. The zero-order valence-electron chi connectivity index (χ0n) is 11.0. The highest BCUT2D eigenvalue weighted by Gasteiger charge is 2.11. The Morgan fingerprint density at radius 2 is 1.50 bits per heavy atom. The van der Waals surface area contributed by atoms with Crippen molar-refractivity contribution < 1.29 is 9.53 Å². The molecule has 0 heterocycles. The van der Waals surface area contributed by atoms with Gasteiger partial charge in [-0.05, 0) is 15.2 Å². The molecule has 0 aliphatic rings. The standard InChI is InChI=1S/C17H15IO2/c18-12-16(11-14-7-3-1-4-8-14)17(19)20-13-15-9-5-2-6-10-15/h1-10,12H,11,13H2/b16-12-. The van der Waals surface area contributed by atoms with Crippen LogP contribution in [0.15, 0.2) is 70.3 Å². The van der Waals surface area contributed by atoms with E-state index in [1.807, 2.05) is 60.7 Å². The van der Waals surface area contributed by atoms with Gasteiger partial charge >= 0.3 is 5.97 Å². The fourth-order valence-electron chi connectivity index (χ4n) is 1.79. The lowest BCUT2D eigenvalue weighted by Gasteiger charge is -2.08.